The van der Waals surface area contributed by atoms with Gasteiger partial charge < -0.3 is 0 Å². The van der Waals surface area contributed by atoms with Crippen LogP contribution in [0.4, 0.5) is 0 Å². The molecule has 16 aliphatic rings. The van der Waals surface area contributed by atoms with Crippen LogP contribution in [0.3, 0.4) is 0 Å². The van der Waals surface area contributed by atoms with Gasteiger partial charge in [-0.1, -0.05) is 73.9 Å². The molecule has 2 aromatic carbocycles. The maximum absolute atomic E-state index is 3.02. The summed E-state index contributed by atoms with van der Waals surface area (Å²) in [7, 11) is 0. The van der Waals surface area contributed by atoms with E-state index in [2.05, 4.69) is 56.3 Å². The van der Waals surface area contributed by atoms with E-state index in [1.54, 1.807) is 52.6 Å². The Kier molecular flexibility index (Phi) is 6.51. The van der Waals surface area contributed by atoms with Gasteiger partial charge in [-0.3, -0.25) is 0 Å². The molecule has 0 aromatic heterocycles. The number of benzene rings is 2. The van der Waals surface area contributed by atoms with E-state index in [4.69, 9.17) is 0 Å². The van der Waals surface area contributed by atoms with Gasteiger partial charge in [-0.2, -0.15) is 0 Å². The molecule has 0 amide bonds. The lowest BCUT2D eigenvalue weighted by Gasteiger charge is -2.58. The van der Waals surface area contributed by atoms with Crippen LogP contribution in [-0.2, 0) is 10.8 Å². The van der Waals surface area contributed by atoms with Crippen molar-refractivity contribution in [3.8, 4) is 11.1 Å². The average Bonchev–Trinajstić information content (AvgIpc) is 3.94. The number of rotatable bonds is 5. The Morgan fingerprint density at radius 3 is 1.35 bits per heavy atom. The van der Waals surface area contributed by atoms with Crippen LogP contribution in [0.1, 0.15) is 183 Å². The first kappa shape index (κ1) is 33.6. The third kappa shape index (κ3) is 4.25. The van der Waals surface area contributed by atoms with Crippen molar-refractivity contribution in [2.75, 3.05) is 0 Å². The van der Waals surface area contributed by atoms with Gasteiger partial charge in [-0.25, -0.2) is 0 Å². The molecule has 0 aliphatic heterocycles. The summed E-state index contributed by atoms with van der Waals surface area (Å²) in [6.07, 6.45) is 36.2. The Balaban J connectivity index is 0.913. The van der Waals surface area contributed by atoms with Crippen LogP contribution in [0.5, 0.6) is 0 Å². The number of allylic oxidation sites excluding steroid dienone is 4. The van der Waals surface area contributed by atoms with Crippen molar-refractivity contribution < 1.29 is 0 Å². The van der Waals surface area contributed by atoms with Crippen molar-refractivity contribution in [3.63, 3.8) is 0 Å². The highest BCUT2D eigenvalue weighted by atomic mass is 14.7. The maximum Gasteiger partial charge on any atom is 0.0204 e. The monoisotopic (exact) mass is 755 g/mol. The molecule has 0 spiro atoms. The van der Waals surface area contributed by atoms with Crippen LogP contribution in [0.25, 0.3) is 11.1 Å². The highest BCUT2D eigenvalue weighted by molar-refractivity contribution is 5.82. The fraction of sp³-hybridized carbons (Fsp3) is 0.719. The third-order valence-electron chi connectivity index (χ3n) is 22.6. The molecule has 0 N–H and O–H groups in total. The molecule has 0 saturated heterocycles. The molecule has 13 fully saturated rings. The molecule has 3 atom stereocenters. The minimum Gasteiger partial charge on any atom is -0.0619 e. The molecule has 2 aromatic rings. The molecule has 0 radical (unpaired) electrons. The van der Waals surface area contributed by atoms with Crippen molar-refractivity contribution in [1.29, 1.82) is 0 Å². The van der Waals surface area contributed by atoms with Gasteiger partial charge in [0, 0.05) is 11.3 Å². The molecule has 298 valence electrons. The molecular weight excluding hydrogens is 685 g/mol. The van der Waals surface area contributed by atoms with Gasteiger partial charge in [-0.15, -0.1) is 0 Å². The topological polar surface area (TPSA) is 0 Å². The van der Waals surface area contributed by atoms with Crippen LogP contribution in [0.2, 0.25) is 0 Å². The molecule has 13 saturated carbocycles. The van der Waals surface area contributed by atoms with Gasteiger partial charge in [0.1, 0.15) is 0 Å². The third-order valence-corrected chi connectivity index (χ3v) is 22.6. The summed E-state index contributed by atoms with van der Waals surface area (Å²) >= 11 is 0. The fourth-order valence-electron chi connectivity index (χ4n) is 22.1. The quantitative estimate of drug-likeness (QED) is 0.285. The summed E-state index contributed by atoms with van der Waals surface area (Å²) in [5.41, 5.74) is 18.0. The van der Waals surface area contributed by atoms with Crippen molar-refractivity contribution in [2.45, 2.75) is 172 Å². The lowest BCUT2D eigenvalue weighted by molar-refractivity contribution is -0.0316. The predicted octanol–water partition coefficient (Wildman–Crippen LogP) is 14.6. The zero-order valence-electron chi connectivity index (χ0n) is 35.6. The molecular formula is C57H70. The van der Waals surface area contributed by atoms with Gasteiger partial charge in [0.15, 0.2) is 0 Å². The van der Waals surface area contributed by atoms with E-state index >= 15 is 0 Å². The lowest BCUT2D eigenvalue weighted by Crippen LogP contribution is -2.48. The smallest absolute Gasteiger partial charge is 0.0204 e. The summed E-state index contributed by atoms with van der Waals surface area (Å²) in [6, 6.07) is 17.0. The minimum absolute atomic E-state index is 0.213. The second kappa shape index (κ2) is 11.0. The van der Waals surface area contributed by atoms with Crippen molar-refractivity contribution in [1.82, 2.24) is 0 Å². The van der Waals surface area contributed by atoms with Crippen LogP contribution < -0.4 is 0 Å². The Morgan fingerprint density at radius 1 is 0.509 bits per heavy atom. The largest absolute Gasteiger partial charge is 0.0619 e. The van der Waals surface area contributed by atoms with E-state index in [-0.39, 0.29) is 5.41 Å². The molecule has 18 rings (SSSR count). The second-order valence-corrected chi connectivity index (χ2v) is 25.6. The highest BCUT2D eigenvalue weighted by Gasteiger charge is 2.64. The summed E-state index contributed by atoms with van der Waals surface area (Å²) in [4.78, 5) is 0. The van der Waals surface area contributed by atoms with E-state index in [1.165, 1.54) is 122 Å². The minimum atomic E-state index is 0.213. The van der Waals surface area contributed by atoms with Gasteiger partial charge in [0.2, 0.25) is 0 Å². The Bertz CT molecular complexity index is 1970. The number of fused-ring (bicyclic) bond motifs is 5. The van der Waals surface area contributed by atoms with Crippen molar-refractivity contribution in [3.05, 3.63) is 81.4 Å². The zero-order chi connectivity index (χ0) is 37.2. The molecule has 0 nitrogen and oxygen atoms in total. The zero-order valence-corrected chi connectivity index (χ0v) is 35.6. The average molecular weight is 755 g/mol. The van der Waals surface area contributed by atoms with Gasteiger partial charge in [0.25, 0.3) is 0 Å². The van der Waals surface area contributed by atoms with Gasteiger partial charge in [-0.05, 0) is 261 Å². The van der Waals surface area contributed by atoms with E-state index in [1.807, 2.05) is 16.7 Å². The maximum atomic E-state index is 3.02. The molecule has 3 unspecified atom stereocenters. The van der Waals surface area contributed by atoms with Crippen molar-refractivity contribution >= 4 is 0 Å². The van der Waals surface area contributed by atoms with Crippen molar-refractivity contribution in [2.24, 2.45) is 81.8 Å². The number of hydrogen-bond donors (Lipinski definition) is 0. The molecule has 0 heterocycles. The standard InChI is InChI=1S/C57H70/c1-32(2)57(51-5-3-4-45(51)50-21-44(22-52(50)57)56-29-39-16-40(30-56)18-41(17-39)31-56)53-46-8-6-42(54-23-33-10-34(24-54)12-35(11-33)25-54)19-48(46)49-20-43(7-9-47(49)53)55-26-36-13-37(27-55)15-38(14-36)28-55/h6-9,19-20,22,32-41,45,51,53H,3-5,10-18,21,23-31H2,1-2H3. The molecule has 12 bridgehead atoms. The van der Waals surface area contributed by atoms with Gasteiger partial charge >= 0.3 is 0 Å². The summed E-state index contributed by atoms with van der Waals surface area (Å²) in [6.45, 7) is 5.40. The number of hydrogen-bond acceptors (Lipinski definition) is 0. The predicted molar refractivity (Wildman–Crippen MR) is 232 cm³/mol. The first-order valence-electron chi connectivity index (χ1n) is 25.5. The lowest BCUT2D eigenvalue weighted by atomic mass is 9.47. The van der Waals surface area contributed by atoms with E-state index < -0.39 is 0 Å². The van der Waals surface area contributed by atoms with E-state index in [9.17, 15) is 0 Å². The molecule has 57 heavy (non-hydrogen) atoms. The first-order valence-corrected chi connectivity index (χ1v) is 25.5. The Labute approximate surface area is 344 Å². The van der Waals surface area contributed by atoms with Crippen LogP contribution in [0.15, 0.2) is 59.2 Å². The SMILES string of the molecule is CC(C)C1(C2c3ccc(C45CC6CC(CC(C6)C4)C5)cc3-c3cc(C45CC6CC(CC(C6)C4)C5)ccc32)C2=C(CC(C34CC5CC(CC(C5)C3)C4)=C2)C2CCCC21. The van der Waals surface area contributed by atoms with Crippen LogP contribution in [0, 0.1) is 81.8 Å². The molecule has 16 aliphatic carbocycles. The second-order valence-electron chi connectivity index (χ2n) is 25.6. The fourth-order valence-corrected chi connectivity index (χ4v) is 22.1. The molecule has 0 heteroatoms. The van der Waals surface area contributed by atoms with Gasteiger partial charge in [0.05, 0.1) is 0 Å². The normalized spacial score (nSPS) is 51.0. The Hall–Kier alpha value is -2.08. The van der Waals surface area contributed by atoms with Crippen LogP contribution in [-0.4, -0.2) is 0 Å². The van der Waals surface area contributed by atoms with E-state index in [0.717, 1.165) is 65.1 Å². The summed E-state index contributed by atoms with van der Waals surface area (Å²) < 4.78 is 0. The highest BCUT2D eigenvalue weighted by Crippen LogP contribution is 2.75. The summed E-state index contributed by atoms with van der Waals surface area (Å²) in [5, 5.41) is 0. The van der Waals surface area contributed by atoms with Crippen LogP contribution >= 0.6 is 0 Å². The van der Waals surface area contributed by atoms with E-state index in [0.29, 0.717) is 28.1 Å². The summed E-state index contributed by atoms with van der Waals surface area (Å²) in [5.74, 6) is 11.8. The first-order chi connectivity index (χ1) is 27.8. The Morgan fingerprint density at radius 2 is 0.930 bits per heavy atom.